The van der Waals surface area contributed by atoms with E-state index in [2.05, 4.69) is 5.32 Å². The van der Waals surface area contributed by atoms with Gasteiger partial charge < -0.3 is 10.4 Å². The van der Waals surface area contributed by atoms with Gasteiger partial charge in [0.05, 0.1) is 11.8 Å². The lowest BCUT2D eigenvalue weighted by Crippen LogP contribution is -2.30. The molecule has 1 aliphatic carbocycles. The molecule has 0 saturated heterocycles. The number of carbonyl (C=O) groups is 2. The lowest BCUT2D eigenvalue weighted by Gasteiger charge is -2.15. The van der Waals surface area contributed by atoms with E-state index in [0.29, 0.717) is 24.1 Å². The van der Waals surface area contributed by atoms with Gasteiger partial charge in [0.2, 0.25) is 5.91 Å². The van der Waals surface area contributed by atoms with Crippen LogP contribution in [0.25, 0.3) is 0 Å². The highest BCUT2D eigenvalue weighted by molar-refractivity contribution is 5.95. The molecule has 0 bridgehead atoms. The first kappa shape index (κ1) is 15.5. The highest BCUT2D eigenvalue weighted by atomic mass is 19.1. The fourth-order valence-corrected chi connectivity index (χ4v) is 3.00. The largest absolute Gasteiger partial charge is 0.481 e. The minimum Gasteiger partial charge on any atom is -0.481 e. The van der Waals surface area contributed by atoms with Crippen molar-refractivity contribution in [3.05, 3.63) is 29.6 Å². The predicted octanol–water partition coefficient (Wildman–Crippen LogP) is 3.21. The summed E-state index contributed by atoms with van der Waals surface area (Å²) in [6.07, 6.45) is 2.02. The van der Waals surface area contributed by atoms with Crippen LogP contribution in [-0.2, 0) is 9.59 Å². The molecule has 1 fully saturated rings. The Morgan fingerprint density at radius 1 is 1.33 bits per heavy atom. The van der Waals surface area contributed by atoms with Gasteiger partial charge in [0.15, 0.2) is 0 Å². The first-order valence-electron chi connectivity index (χ1n) is 7.22. The maximum atomic E-state index is 13.2. The second-order valence-electron chi connectivity index (χ2n) is 5.75. The molecule has 2 rings (SSSR count). The summed E-state index contributed by atoms with van der Waals surface area (Å²) in [6, 6.07) is 4.33. The molecule has 114 valence electrons. The summed E-state index contributed by atoms with van der Waals surface area (Å²) in [5.41, 5.74) is 0.948. The summed E-state index contributed by atoms with van der Waals surface area (Å²) in [5, 5.41) is 12.0. The Morgan fingerprint density at radius 3 is 2.57 bits per heavy atom. The SMILES string of the molecule is CCC1C[C@H](C(=O)Nc2ccc(F)c(C)c2)[C@H](C(=O)O)C1. The molecule has 0 aliphatic heterocycles. The first-order valence-corrected chi connectivity index (χ1v) is 7.22. The van der Waals surface area contributed by atoms with Gasteiger partial charge in [-0.3, -0.25) is 9.59 Å². The van der Waals surface area contributed by atoms with Crippen molar-refractivity contribution >= 4 is 17.6 Å². The van der Waals surface area contributed by atoms with Crippen molar-refractivity contribution in [1.29, 1.82) is 0 Å². The molecule has 21 heavy (non-hydrogen) atoms. The fraction of sp³-hybridized carbons (Fsp3) is 0.500. The zero-order valence-corrected chi connectivity index (χ0v) is 12.2. The average Bonchev–Trinajstić information content (AvgIpc) is 2.87. The molecule has 3 atom stereocenters. The van der Waals surface area contributed by atoms with Crippen molar-refractivity contribution in [1.82, 2.24) is 0 Å². The summed E-state index contributed by atoms with van der Waals surface area (Å²) >= 11 is 0. The van der Waals surface area contributed by atoms with Crippen molar-refractivity contribution in [3.63, 3.8) is 0 Å². The van der Waals surface area contributed by atoms with Crippen molar-refractivity contribution < 1.29 is 19.1 Å². The molecular weight excluding hydrogens is 273 g/mol. The van der Waals surface area contributed by atoms with Crippen LogP contribution in [0, 0.1) is 30.5 Å². The highest BCUT2D eigenvalue weighted by Gasteiger charge is 2.42. The van der Waals surface area contributed by atoms with Crippen LogP contribution in [0.5, 0.6) is 0 Å². The molecule has 1 amide bonds. The van der Waals surface area contributed by atoms with E-state index >= 15 is 0 Å². The predicted molar refractivity (Wildman–Crippen MR) is 77.4 cm³/mol. The molecule has 2 N–H and O–H groups in total. The van der Waals surface area contributed by atoms with Gasteiger partial charge in [0.1, 0.15) is 5.82 Å². The number of rotatable bonds is 4. The third kappa shape index (κ3) is 3.40. The van der Waals surface area contributed by atoms with E-state index in [0.717, 1.165) is 6.42 Å². The number of benzene rings is 1. The summed E-state index contributed by atoms with van der Waals surface area (Å²) in [6.45, 7) is 3.63. The van der Waals surface area contributed by atoms with E-state index in [1.54, 1.807) is 13.0 Å². The van der Waals surface area contributed by atoms with E-state index in [9.17, 15) is 19.1 Å². The summed E-state index contributed by atoms with van der Waals surface area (Å²) in [4.78, 5) is 23.6. The van der Waals surface area contributed by atoms with E-state index < -0.39 is 17.8 Å². The molecule has 1 saturated carbocycles. The lowest BCUT2D eigenvalue weighted by atomic mass is 9.95. The number of carbonyl (C=O) groups excluding carboxylic acids is 1. The number of hydrogen-bond donors (Lipinski definition) is 2. The van der Waals surface area contributed by atoms with Gasteiger partial charge in [-0.1, -0.05) is 13.3 Å². The van der Waals surface area contributed by atoms with Crippen LogP contribution >= 0.6 is 0 Å². The third-order valence-corrected chi connectivity index (χ3v) is 4.32. The van der Waals surface area contributed by atoms with Gasteiger partial charge in [-0.25, -0.2) is 4.39 Å². The van der Waals surface area contributed by atoms with Gasteiger partial charge in [0.25, 0.3) is 0 Å². The van der Waals surface area contributed by atoms with Crippen LogP contribution in [0.15, 0.2) is 18.2 Å². The fourth-order valence-electron chi connectivity index (χ4n) is 3.00. The molecule has 0 radical (unpaired) electrons. The van der Waals surface area contributed by atoms with Crippen LogP contribution < -0.4 is 5.32 Å². The number of carboxylic acids is 1. The van der Waals surface area contributed by atoms with Crippen LogP contribution in [0.3, 0.4) is 0 Å². The second kappa shape index (κ2) is 6.24. The maximum Gasteiger partial charge on any atom is 0.307 e. The Hall–Kier alpha value is -1.91. The third-order valence-electron chi connectivity index (χ3n) is 4.32. The number of halogens is 1. The molecule has 0 heterocycles. The molecular formula is C16H20FNO3. The van der Waals surface area contributed by atoms with Crippen LogP contribution in [0.1, 0.15) is 31.7 Å². The molecule has 1 unspecified atom stereocenters. The number of amides is 1. The normalized spacial score (nSPS) is 24.8. The molecule has 0 aromatic heterocycles. The smallest absolute Gasteiger partial charge is 0.307 e. The monoisotopic (exact) mass is 293 g/mol. The minimum absolute atomic E-state index is 0.275. The number of hydrogen-bond acceptors (Lipinski definition) is 2. The molecule has 1 aromatic carbocycles. The van der Waals surface area contributed by atoms with E-state index in [4.69, 9.17) is 0 Å². The zero-order chi connectivity index (χ0) is 15.6. The van der Waals surface area contributed by atoms with Crippen LogP contribution in [-0.4, -0.2) is 17.0 Å². The number of aliphatic carboxylic acids is 1. The van der Waals surface area contributed by atoms with E-state index in [-0.39, 0.29) is 17.6 Å². The van der Waals surface area contributed by atoms with Crippen molar-refractivity contribution in [2.45, 2.75) is 33.1 Å². The van der Waals surface area contributed by atoms with E-state index in [1.165, 1.54) is 12.1 Å². The van der Waals surface area contributed by atoms with Gasteiger partial charge >= 0.3 is 5.97 Å². The van der Waals surface area contributed by atoms with Crippen LogP contribution in [0.2, 0.25) is 0 Å². The molecule has 0 spiro atoms. The molecule has 4 nitrogen and oxygen atoms in total. The Kier molecular flexibility index (Phi) is 4.60. The van der Waals surface area contributed by atoms with Gasteiger partial charge in [-0.2, -0.15) is 0 Å². The Balaban J connectivity index is 2.11. The Bertz CT molecular complexity index is 558. The second-order valence-corrected chi connectivity index (χ2v) is 5.75. The molecule has 1 aliphatic rings. The summed E-state index contributed by atoms with van der Waals surface area (Å²) in [5.74, 6) is -2.40. The van der Waals surface area contributed by atoms with Gasteiger partial charge in [-0.15, -0.1) is 0 Å². The number of anilines is 1. The summed E-state index contributed by atoms with van der Waals surface area (Å²) < 4.78 is 13.2. The molecule has 5 heteroatoms. The van der Waals surface area contributed by atoms with Crippen molar-refractivity contribution in [2.75, 3.05) is 5.32 Å². The highest BCUT2D eigenvalue weighted by Crippen LogP contribution is 2.39. The Morgan fingerprint density at radius 2 is 2.00 bits per heavy atom. The van der Waals surface area contributed by atoms with Crippen molar-refractivity contribution in [3.8, 4) is 0 Å². The topological polar surface area (TPSA) is 66.4 Å². The Labute approximate surface area is 123 Å². The number of nitrogens with one attached hydrogen (secondary N) is 1. The average molecular weight is 293 g/mol. The first-order chi connectivity index (χ1) is 9.92. The maximum absolute atomic E-state index is 13.2. The standard InChI is InChI=1S/C16H20FNO3/c1-3-10-7-12(13(8-10)16(20)21)15(19)18-11-4-5-14(17)9(2)6-11/h4-6,10,12-13H,3,7-8H2,1-2H3,(H,18,19)(H,20,21)/t10?,12-,13+/m0/s1. The molecule has 1 aromatic rings. The van der Waals surface area contributed by atoms with E-state index in [1.807, 2.05) is 6.92 Å². The summed E-state index contributed by atoms with van der Waals surface area (Å²) in [7, 11) is 0. The van der Waals surface area contributed by atoms with Gasteiger partial charge in [-0.05, 0) is 49.4 Å². The van der Waals surface area contributed by atoms with Gasteiger partial charge in [0, 0.05) is 5.69 Å². The minimum atomic E-state index is -0.915. The van der Waals surface area contributed by atoms with Crippen molar-refractivity contribution in [2.24, 2.45) is 17.8 Å². The number of carboxylic acid groups (broad SMARTS) is 1. The zero-order valence-electron chi connectivity index (χ0n) is 12.2. The number of aryl methyl sites for hydroxylation is 1. The van der Waals surface area contributed by atoms with Crippen LogP contribution in [0.4, 0.5) is 10.1 Å². The quantitative estimate of drug-likeness (QED) is 0.895. The lowest BCUT2D eigenvalue weighted by molar-refractivity contribution is -0.145.